The molecule has 1 amide bonds. The Hall–Kier alpha value is -1.49. The van der Waals surface area contributed by atoms with Gasteiger partial charge in [-0.05, 0) is 25.5 Å². The Morgan fingerprint density at radius 1 is 1.53 bits per heavy atom. The maximum atomic E-state index is 10.9. The van der Waals surface area contributed by atoms with E-state index in [9.17, 15) is 4.79 Å². The minimum Gasteiger partial charge on any atom is -0.363 e. The molecule has 0 aliphatic carbocycles. The molecule has 1 fully saturated rings. The zero-order chi connectivity index (χ0) is 10.7. The third-order valence-electron chi connectivity index (χ3n) is 2.56. The highest BCUT2D eigenvalue weighted by Crippen LogP contribution is 2.20. The Balaban J connectivity index is 2.19. The molecule has 15 heavy (non-hydrogen) atoms. The average Bonchev–Trinajstić information content (AvgIpc) is 2.30. The van der Waals surface area contributed by atoms with Crippen molar-refractivity contribution < 1.29 is 4.79 Å². The van der Waals surface area contributed by atoms with E-state index in [1.807, 2.05) is 6.07 Å². The molecule has 1 aromatic rings. The van der Waals surface area contributed by atoms with Crippen LogP contribution >= 0.6 is 0 Å². The lowest BCUT2D eigenvalue weighted by Crippen LogP contribution is -2.28. The lowest BCUT2D eigenvalue weighted by Gasteiger charge is -2.22. The van der Waals surface area contributed by atoms with Crippen molar-refractivity contribution in [2.24, 2.45) is 5.73 Å². The number of rotatable bonds is 2. The van der Waals surface area contributed by atoms with Crippen LogP contribution in [0.25, 0.3) is 0 Å². The molecule has 2 rings (SSSR count). The Morgan fingerprint density at radius 2 is 2.40 bits per heavy atom. The summed E-state index contributed by atoms with van der Waals surface area (Å²) in [5.41, 5.74) is 5.99. The Kier molecular flexibility index (Phi) is 2.91. The van der Waals surface area contributed by atoms with Crippen LogP contribution in [-0.4, -0.2) is 22.4 Å². The number of nitrogens with two attached hydrogens (primary N) is 1. The van der Waals surface area contributed by atoms with Crippen LogP contribution in [0.5, 0.6) is 0 Å². The number of amides is 1. The molecule has 80 valence electrons. The molecule has 1 unspecified atom stereocenters. The summed E-state index contributed by atoms with van der Waals surface area (Å²) in [6, 6.07) is 2.06. The van der Waals surface area contributed by atoms with Gasteiger partial charge in [-0.25, -0.2) is 9.97 Å². The molecule has 1 atom stereocenters. The number of nitrogens with zero attached hydrogens (tertiary/aromatic N) is 2. The summed E-state index contributed by atoms with van der Waals surface area (Å²) in [5, 5.41) is 3.36. The summed E-state index contributed by atoms with van der Waals surface area (Å²) in [6.45, 7) is 1.00. The molecule has 1 aromatic heterocycles. The number of carbonyl (C=O) groups is 1. The van der Waals surface area contributed by atoms with Crippen LogP contribution in [0, 0.1) is 0 Å². The van der Waals surface area contributed by atoms with Gasteiger partial charge in [-0.2, -0.15) is 0 Å². The van der Waals surface area contributed by atoms with Gasteiger partial charge >= 0.3 is 0 Å². The second-order valence-corrected chi connectivity index (χ2v) is 3.67. The van der Waals surface area contributed by atoms with Crippen molar-refractivity contribution in [2.45, 2.75) is 25.3 Å². The van der Waals surface area contributed by atoms with Gasteiger partial charge in [0.2, 0.25) is 5.82 Å². The van der Waals surface area contributed by atoms with E-state index in [0.29, 0.717) is 0 Å². The molecule has 0 bridgehead atoms. The standard InChI is InChI=1S/C10H14N4O/c11-9(15)10-13-6-4-8(14-10)7-3-1-2-5-12-7/h4,6-7,12H,1-3,5H2,(H2,11,15). The van der Waals surface area contributed by atoms with E-state index in [-0.39, 0.29) is 11.9 Å². The summed E-state index contributed by atoms with van der Waals surface area (Å²) in [5.74, 6) is -0.479. The number of hydrogen-bond acceptors (Lipinski definition) is 4. The topological polar surface area (TPSA) is 80.9 Å². The SMILES string of the molecule is NC(=O)c1nccc(C2CCCCN2)n1. The highest BCUT2D eigenvalue weighted by Gasteiger charge is 2.17. The van der Waals surface area contributed by atoms with Crippen molar-refractivity contribution in [3.8, 4) is 0 Å². The molecular weight excluding hydrogens is 192 g/mol. The molecular formula is C10H14N4O. The summed E-state index contributed by atoms with van der Waals surface area (Å²) in [6.07, 6.45) is 5.02. The van der Waals surface area contributed by atoms with Gasteiger partial charge in [0.25, 0.3) is 5.91 Å². The minimum atomic E-state index is -0.576. The van der Waals surface area contributed by atoms with Crippen LogP contribution in [0.15, 0.2) is 12.3 Å². The van der Waals surface area contributed by atoms with Gasteiger partial charge in [-0.1, -0.05) is 6.42 Å². The monoisotopic (exact) mass is 206 g/mol. The lowest BCUT2D eigenvalue weighted by molar-refractivity contribution is 0.0990. The van der Waals surface area contributed by atoms with E-state index in [1.165, 1.54) is 12.8 Å². The number of carbonyl (C=O) groups excluding carboxylic acids is 1. The zero-order valence-corrected chi connectivity index (χ0v) is 8.44. The Morgan fingerprint density at radius 3 is 3.07 bits per heavy atom. The van der Waals surface area contributed by atoms with Gasteiger partial charge in [0.05, 0.1) is 5.69 Å². The number of hydrogen-bond donors (Lipinski definition) is 2. The largest absolute Gasteiger partial charge is 0.363 e. The number of aromatic nitrogens is 2. The first-order valence-corrected chi connectivity index (χ1v) is 5.13. The van der Waals surface area contributed by atoms with Gasteiger partial charge in [-0.15, -0.1) is 0 Å². The van der Waals surface area contributed by atoms with Crippen LogP contribution in [0.3, 0.4) is 0 Å². The number of piperidine rings is 1. The van der Waals surface area contributed by atoms with Gasteiger partial charge in [-0.3, -0.25) is 4.79 Å². The molecule has 2 heterocycles. The summed E-state index contributed by atoms with van der Waals surface area (Å²) < 4.78 is 0. The van der Waals surface area contributed by atoms with E-state index < -0.39 is 5.91 Å². The summed E-state index contributed by atoms with van der Waals surface area (Å²) in [7, 11) is 0. The van der Waals surface area contributed by atoms with Crippen LogP contribution in [0.1, 0.15) is 41.6 Å². The highest BCUT2D eigenvalue weighted by atomic mass is 16.1. The van der Waals surface area contributed by atoms with E-state index in [1.54, 1.807) is 6.20 Å². The minimum absolute atomic E-state index is 0.0971. The third-order valence-corrected chi connectivity index (χ3v) is 2.56. The van der Waals surface area contributed by atoms with Crippen molar-refractivity contribution >= 4 is 5.91 Å². The molecule has 5 nitrogen and oxygen atoms in total. The molecule has 3 N–H and O–H groups in total. The quantitative estimate of drug-likeness (QED) is 0.733. The van der Waals surface area contributed by atoms with Crippen LogP contribution < -0.4 is 11.1 Å². The fourth-order valence-corrected chi connectivity index (χ4v) is 1.79. The molecule has 0 aromatic carbocycles. The first kappa shape index (κ1) is 10.0. The molecule has 5 heteroatoms. The fourth-order valence-electron chi connectivity index (χ4n) is 1.79. The first-order valence-electron chi connectivity index (χ1n) is 5.13. The second-order valence-electron chi connectivity index (χ2n) is 3.67. The smallest absolute Gasteiger partial charge is 0.286 e. The van der Waals surface area contributed by atoms with Crippen LogP contribution in [-0.2, 0) is 0 Å². The van der Waals surface area contributed by atoms with Gasteiger partial charge in [0, 0.05) is 12.2 Å². The van der Waals surface area contributed by atoms with Crippen molar-refractivity contribution in [3.63, 3.8) is 0 Å². The molecule has 1 aliphatic rings. The predicted octanol–water partition coefficient (Wildman–Crippen LogP) is 0.390. The Bertz CT molecular complexity index is 360. The maximum absolute atomic E-state index is 10.9. The Labute approximate surface area is 88.1 Å². The van der Waals surface area contributed by atoms with Crippen molar-refractivity contribution in [3.05, 3.63) is 23.8 Å². The van der Waals surface area contributed by atoms with E-state index in [4.69, 9.17) is 5.73 Å². The van der Waals surface area contributed by atoms with Crippen LogP contribution in [0.4, 0.5) is 0 Å². The lowest BCUT2D eigenvalue weighted by atomic mass is 10.0. The maximum Gasteiger partial charge on any atom is 0.286 e. The molecule has 1 saturated heterocycles. The highest BCUT2D eigenvalue weighted by molar-refractivity contribution is 5.88. The van der Waals surface area contributed by atoms with Crippen molar-refractivity contribution in [1.29, 1.82) is 0 Å². The van der Waals surface area contributed by atoms with E-state index in [2.05, 4.69) is 15.3 Å². The second kappa shape index (κ2) is 4.35. The van der Waals surface area contributed by atoms with Gasteiger partial charge in [0.1, 0.15) is 0 Å². The third kappa shape index (κ3) is 2.30. The van der Waals surface area contributed by atoms with E-state index in [0.717, 1.165) is 18.7 Å². The van der Waals surface area contributed by atoms with Gasteiger partial charge < -0.3 is 11.1 Å². The predicted molar refractivity (Wildman–Crippen MR) is 55.1 cm³/mol. The fraction of sp³-hybridized carbons (Fsp3) is 0.500. The van der Waals surface area contributed by atoms with Crippen LogP contribution in [0.2, 0.25) is 0 Å². The first-order chi connectivity index (χ1) is 7.27. The van der Waals surface area contributed by atoms with E-state index >= 15 is 0 Å². The van der Waals surface area contributed by atoms with Crippen molar-refractivity contribution in [1.82, 2.24) is 15.3 Å². The molecule has 0 saturated carbocycles. The van der Waals surface area contributed by atoms with Crippen molar-refractivity contribution in [2.75, 3.05) is 6.54 Å². The number of primary amides is 1. The van der Waals surface area contributed by atoms with Gasteiger partial charge in [0.15, 0.2) is 0 Å². The summed E-state index contributed by atoms with van der Waals surface area (Å²) >= 11 is 0. The molecule has 1 aliphatic heterocycles. The number of nitrogens with one attached hydrogen (secondary N) is 1. The zero-order valence-electron chi connectivity index (χ0n) is 8.44. The average molecular weight is 206 g/mol. The summed E-state index contributed by atoms with van der Waals surface area (Å²) in [4.78, 5) is 18.9. The molecule has 0 radical (unpaired) electrons. The normalized spacial score (nSPS) is 21.2. The molecule has 0 spiro atoms.